The van der Waals surface area contributed by atoms with E-state index in [2.05, 4.69) is 11.4 Å². The summed E-state index contributed by atoms with van der Waals surface area (Å²) in [6.45, 7) is 1.90. The molecule has 0 saturated heterocycles. The molecule has 2 N–H and O–H groups in total. The van der Waals surface area contributed by atoms with Crippen LogP contribution in [0.25, 0.3) is 0 Å². The van der Waals surface area contributed by atoms with Crippen molar-refractivity contribution in [1.82, 2.24) is 0 Å². The summed E-state index contributed by atoms with van der Waals surface area (Å²) < 4.78 is 0. The zero-order chi connectivity index (χ0) is 16.3. The molecule has 4 aliphatic carbocycles. The summed E-state index contributed by atoms with van der Waals surface area (Å²) in [6, 6.07) is 5.35. The molecule has 4 nitrogen and oxygen atoms in total. The van der Waals surface area contributed by atoms with Gasteiger partial charge in [-0.2, -0.15) is 0 Å². The highest BCUT2D eigenvalue weighted by molar-refractivity contribution is 6.31. The van der Waals surface area contributed by atoms with Gasteiger partial charge in [-0.25, -0.2) is 0 Å². The molecule has 23 heavy (non-hydrogen) atoms. The Bertz CT molecular complexity index is 729. The average Bonchev–Trinajstić information content (AvgIpc) is 3.32. The van der Waals surface area contributed by atoms with Crippen molar-refractivity contribution in [1.29, 1.82) is 0 Å². The van der Waals surface area contributed by atoms with Crippen molar-refractivity contribution in [2.24, 2.45) is 35.5 Å². The molecule has 5 heteroatoms. The molecule has 0 unspecified atom stereocenters. The van der Waals surface area contributed by atoms with Gasteiger partial charge in [0.25, 0.3) is 0 Å². The summed E-state index contributed by atoms with van der Waals surface area (Å²) in [7, 11) is 0. The van der Waals surface area contributed by atoms with Gasteiger partial charge >= 0.3 is 5.97 Å². The third-order valence-corrected chi connectivity index (χ3v) is 6.09. The molecule has 0 aliphatic heterocycles. The first-order chi connectivity index (χ1) is 11.0. The second kappa shape index (κ2) is 5.10. The Morgan fingerprint density at radius 2 is 1.83 bits per heavy atom. The van der Waals surface area contributed by atoms with Crippen molar-refractivity contribution in [2.75, 3.05) is 5.32 Å². The maximum atomic E-state index is 12.8. The van der Waals surface area contributed by atoms with Gasteiger partial charge in [-0.05, 0) is 54.7 Å². The van der Waals surface area contributed by atoms with Crippen LogP contribution >= 0.6 is 11.6 Å². The van der Waals surface area contributed by atoms with Gasteiger partial charge in [0.05, 0.1) is 11.8 Å². The lowest BCUT2D eigenvalue weighted by Gasteiger charge is -2.41. The average molecular weight is 332 g/mol. The number of hydrogen-bond donors (Lipinski definition) is 2. The highest BCUT2D eigenvalue weighted by atomic mass is 35.5. The Morgan fingerprint density at radius 1 is 1.17 bits per heavy atom. The van der Waals surface area contributed by atoms with Gasteiger partial charge in [-0.1, -0.05) is 29.8 Å². The molecule has 2 bridgehead atoms. The number of benzene rings is 1. The van der Waals surface area contributed by atoms with E-state index in [0.29, 0.717) is 22.5 Å². The van der Waals surface area contributed by atoms with Crippen LogP contribution in [0.4, 0.5) is 5.69 Å². The Kier molecular flexibility index (Phi) is 3.27. The minimum atomic E-state index is -0.864. The minimum Gasteiger partial charge on any atom is -0.481 e. The fourth-order valence-electron chi connectivity index (χ4n) is 4.47. The van der Waals surface area contributed by atoms with E-state index >= 15 is 0 Å². The largest absolute Gasteiger partial charge is 0.481 e. The molecule has 6 atom stereocenters. The number of halogens is 1. The van der Waals surface area contributed by atoms with Crippen molar-refractivity contribution in [2.45, 2.75) is 13.3 Å². The van der Waals surface area contributed by atoms with E-state index in [-0.39, 0.29) is 17.7 Å². The van der Waals surface area contributed by atoms with Crippen molar-refractivity contribution >= 4 is 29.2 Å². The Balaban J connectivity index is 1.60. The number of nitrogens with one attached hydrogen (secondary N) is 1. The van der Waals surface area contributed by atoms with E-state index in [1.165, 1.54) is 0 Å². The quantitative estimate of drug-likeness (QED) is 0.835. The number of carboxylic acid groups (broad SMARTS) is 1. The lowest BCUT2D eigenvalue weighted by Crippen LogP contribution is -2.48. The van der Waals surface area contributed by atoms with Gasteiger partial charge in [-0.3, -0.25) is 9.59 Å². The van der Waals surface area contributed by atoms with E-state index < -0.39 is 17.8 Å². The van der Waals surface area contributed by atoms with Crippen molar-refractivity contribution in [3.8, 4) is 0 Å². The molecule has 0 aromatic heterocycles. The molecule has 2 saturated carbocycles. The number of carbonyl (C=O) groups is 2. The standard InChI is InChI=1S/C18H18ClNO3/c1-8-2-3-9(6-14(8)19)20-17(21)15-10-4-5-11(13-7-12(10)13)16(15)18(22)23/h2-6,10-13,15-16H,7H2,1H3,(H,20,21)(H,22,23)/t10-,11-,12-,13-,15+,16+/m0/s1. The lowest BCUT2D eigenvalue weighted by atomic mass is 9.62. The topological polar surface area (TPSA) is 66.4 Å². The maximum absolute atomic E-state index is 12.8. The second-order valence-corrected chi connectivity index (χ2v) is 7.35. The molecule has 2 fully saturated rings. The fraction of sp³-hybridized carbons (Fsp3) is 0.444. The number of anilines is 1. The molecule has 5 rings (SSSR count). The third-order valence-electron chi connectivity index (χ3n) is 5.68. The summed E-state index contributed by atoms with van der Waals surface area (Å²) in [5.74, 6) is -1.19. The molecule has 0 radical (unpaired) electrons. The number of allylic oxidation sites excluding steroid dienone is 2. The van der Waals surface area contributed by atoms with Gasteiger partial charge in [0, 0.05) is 10.7 Å². The number of aryl methyl sites for hydroxylation is 1. The number of hydrogen-bond acceptors (Lipinski definition) is 2. The number of carbonyl (C=O) groups excluding carboxylic acids is 1. The number of aliphatic carboxylic acids is 1. The van der Waals surface area contributed by atoms with Crippen molar-refractivity contribution in [3.05, 3.63) is 40.9 Å². The Labute approximate surface area is 139 Å². The second-order valence-electron chi connectivity index (χ2n) is 6.95. The van der Waals surface area contributed by atoms with E-state index in [4.69, 9.17) is 11.6 Å². The van der Waals surface area contributed by atoms with Crippen LogP contribution in [0.3, 0.4) is 0 Å². The summed E-state index contributed by atoms with van der Waals surface area (Å²) in [6.07, 6.45) is 5.13. The van der Waals surface area contributed by atoms with E-state index in [1.807, 2.05) is 19.1 Å². The van der Waals surface area contributed by atoms with E-state index in [1.54, 1.807) is 12.1 Å². The van der Waals surface area contributed by atoms with Gasteiger partial charge < -0.3 is 10.4 Å². The SMILES string of the molecule is Cc1ccc(NC(=O)[C@@H]2[C@H]3C=C[C@@H]([C@@H]4C[C@@H]34)[C@H]2C(=O)O)cc1Cl. The van der Waals surface area contributed by atoms with Crippen LogP contribution in [0.15, 0.2) is 30.4 Å². The summed E-state index contributed by atoms with van der Waals surface area (Å²) in [5.41, 5.74) is 1.56. The smallest absolute Gasteiger partial charge is 0.307 e. The zero-order valence-electron chi connectivity index (χ0n) is 12.7. The normalized spacial score (nSPS) is 36.4. The van der Waals surface area contributed by atoms with Gasteiger partial charge in [-0.15, -0.1) is 0 Å². The predicted molar refractivity (Wildman–Crippen MR) is 87.2 cm³/mol. The maximum Gasteiger partial charge on any atom is 0.307 e. The van der Waals surface area contributed by atoms with Crippen molar-refractivity contribution < 1.29 is 14.7 Å². The van der Waals surface area contributed by atoms with Crippen LogP contribution in [0, 0.1) is 42.4 Å². The lowest BCUT2D eigenvalue weighted by molar-refractivity contribution is -0.152. The van der Waals surface area contributed by atoms with Crippen molar-refractivity contribution in [3.63, 3.8) is 0 Å². The number of carboxylic acids is 1. The molecule has 1 aromatic carbocycles. The molecule has 120 valence electrons. The molecule has 1 amide bonds. The van der Waals surface area contributed by atoms with Crippen LogP contribution in [0.5, 0.6) is 0 Å². The molecular formula is C18H18ClNO3. The van der Waals surface area contributed by atoms with Gasteiger partial charge in [0.15, 0.2) is 0 Å². The van der Waals surface area contributed by atoms with E-state index in [0.717, 1.165) is 12.0 Å². The minimum absolute atomic E-state index is 0.000134. The van der Waals surface area contributed by atoms with Crippen LogP contribution in [0.2, 0.25) is 5.02 Å². The summed E-state index contributed by atoms with van der Waals surface area (Å²) >= 11 is 6.10. The van der Waals surface area contributed by atoms with Crippen LogP contribution < -0.4 is 5.32 Å². The van der Waals surface area contributed by atoms with Crippen LogP contribution in [-0.2, 0) is 9.59 Å². The molecule has 0 spiro atoms. The Hall–Kier alpha value is -1.81. The molecular weight excluding hydrogens is 314 g/mol. The van der Waals surface area contributed by atoms with Crippen LogP contribution in [-0.4, -0.2) is 17.0 Å². The molecule has 0 heterocycles. The number of rotatable bonds is 3. The number of amides is 1. The molecule has 4 aliphatic rings. The van der Waals surface area contributed by atoms with E-state index in [9.17, 15) is 14.7 Å². The fourth-order valence-corrected chi connectivity index (χ4v) is 4.65. The van der Waals surface area contributed by atoms with Crippen LogP contribution in [0.1, 0.15) is 12.0 Å². The monoisotopic (exact) mass is 331 g/mol. The predicted octanol–water partition coefficient (Wildman–Crippen LogP) is 3.36. The first-order valence-corrected chi connectivity index (χ1v) is 8.33. The third kappa shape index (κ3) is 2.27. The number of fused-ring (bicyclic) bond motifs is 1. The molecule has 1 aromatic rings. The highest BCUT2D eigenvalue weighted by Gasteiger charge is 2.62. The summed E-state index contributed by atoms with van der Waals surface area (Å²) in [5, 5.41) is 13.1. The highest BCUT2D eigenvalue weighted by Crippen LogP contribution is 2.63. The zero-order valence-corrected chi connectivity index (χ0v) is 13.5. The van der Waals surface area contributed by atoms with Gasteiger partial charge in [0.1, 0.15) is 0 Å². The first-order valence-electron chi connectivity index (χ1n) is 7.95. The first kappa shape index (κ1) is 14.8. The summed E-state index contributed by atoms with van der Waals surface area (Å²) in [4.78, 5) is 24.5. The van der Waals surface area contributed by atoms with Gasteiger partial charge in [0.2, 0.25) is 5.91 Å². The Morgan fingerprint density at radius 3 is 2.43 bits per heavy atom.